The molecule has 178 valence electrons. The number of anilines is 3. The standard InChI is InChI=1S/C23H28N8O2S/c1-12-8-18(29-28-12)26-23-30-25-11-31(23)15-6-7-17-16(9-15)19(21(33)24-10-13-2-3-13)22(34-17)27-20(32)14-4-5-14/h8,11,13-15H,2-7,9-10H2,1H3,(H,24,33)(H,27,32)(H2,26,28,29,30)/t15-/m0/s1. The first kappa shape index (κ1) is 21.3. The van der Waals surface area contributed by atoms with E-state index in [0.29, 0.717) is 35.4 Å². The third-order valence-corrected chi connectivity index (χ3v) is 8.02. The van der Waals surface area contributed by atoms with Gasteiger partial charge in [0.1, 0.15) is 17.1 Å². The summed E-state index contributed by atoms with van der Waals surface area (Å²) in [4.78, 5) is 27.0. The lowest BCUT2D eigenvalue weighted by molar-refractivity contribution is -0.117. The van der Waals surface area contributed by atoms with Gasteiger partial charge in [-0.2, -0.15) is 5.10 Å². The van der Waals surface area contributed by atoms with Gasteiger partial charge in [0.2, 0.25) is 11.9 Å². The summed E-state index contributed by atoms with van der Waals surface area (Å²) in [5, 5.41) is 25.6. The fourth-order valence-corrected chi connectivity index (χ4v) is 5.79. The van der Waals surface area contributed by atoms with Crippen LogP contribution in [0.5, 0.6) is 0 Å². The zero-order valence-corrected chi connectivity index (χ0v) is 19.9. The maximum absolute atomic E-state index is 13.3. The van der Waals surface area contributed by atoms with Gasteiger partial charge in [-0.05, 0) is 63.4 Å². The fraction of sp³-hybridized carbons (Fsp3) is 0.522. The van der Waals surface area contributed by atoms with Crippen LogP contribution < -0.4 is 16.0 Å². The molecule has 4 N–H and O–H groups in total. The monoisotopic (exact) mass is 480 g/mol. The van der Waals surface area contributed by atoms with Gasteiger partial charge in [-0.1, -0.05) is 0 Å². The van der Waals surface area contributed by atoms with Crippen molar-refractivity contribution in [1.82, 2.24) is 30.3 Å². The van der Waals surface area contributed by atoms with Crippen molar-refractivity contribution in [1.29, 1.82) is 0 Å². The number of fused-ring (bicyclic) bond motifs is 1. The van der Waals surface area contributed by atoms with Crippen LogP contribution in [0.2, 0.25) is 0 Å². The highest BCUT2D eigenvalue weighted by atomic mass is 32.1. The van der Waals surface area contributed by atoms with Crippen LogP contribution in [0.3, 0.4) is 0 Å². The lowest BCUT2D eigenvalue weighted by Gasteiger charge is -2.25. The number of thiophene rings is 1. The smallest absolute Gasteiger partial charge is 0.254 e. The Hall–Kier alpha value is -3.21. The van der Waals surface area contributed by atoms with Crippen molar-refractivity contribution in [2.24, 2.45) is 11.8 Å². The maximum Gasteiger partial charge on any atom is 0.254 e. The van der Waals surface area contributed by atoms with Crippen LogP contribution in [0.25, 0.3) is 0 Å². The minimum atomic E-state index is -0.0776. The van der Waals surface area contributed by atoms with Gasteiger partial charge in [0.15, 0.2) is 0 Å². The average molecular weight is 481 g/mol. The minimum Gasteiger partial charge on any atom is -0.352 e. The average Bonchev–Trinajstić information content (AvgIpc) is 3.73. The van der Waals surface area contributed by atoms with E-state index in [4.69, 9.17) is 0 Å². The highest BCUT2D eigenvalue weighted by Gasteiger charge is 2.35. The van der Waals surface area contributed by atoms with Crippen LogP contribution >= 0.6 is 11.3 Å². The summed E-state index contributed by atoms with van der Waals surface area (Å²) in [7, 11) is 0. The maximum atomic E-state index is 13.3. The van der Waals surface area contributed by atoms with Crippen molar-refractivity contribution in [3.8, 4) is 0 Å². The molecular weight excluding hydrogens is 452 g/mol. The van der Waals surface area contributed by atoms with Crippen LogP contribution in [-0.2, 0) is 17.6 Å². The second-order valence-corrected chi connectivity index (χ2v) is 10.7. The number of hydrogen-bond acceptors (Lipinski definition) is 7. The largest absolute Gasteiger partial charge is 0.352 e. The topological polar surface area (TPSA) is 130 Å². The van der Waals surface area contributed by atoms with Crippen molar-refractivity contribution in [2.75, 3.05) is 17.2 Å². The van der Waals surface area contributed by atoms with Gasteiger partial charge in [-0.3, -0.25) is 19.3 Å². The lowest BCUT2D eigenvalue weighted by atomic mass is 9.91. The van der Waals surface area contributed by atoms with Crippen LogP contribution in [0.4, 0.5) is 16.8 Å². The van der Waals surface area contributed by atoms with E-state index in [0.717, 1.165) is 42.8 Å². The Bertz CT molecular complexity index is 1240. The van der Waals surface area contributed by atoms with E-state index in [1.54, 1.807) is 17.7 Å². The van der Waals surface area contributed by atoms with E-state index in [1.165, 1.54) is 17.7 Å². The van der Waals surface area contributed by atoms with Crippen LogP contribution in [-0.4, -0.2) is 43.3 Å². The molecule has 0 saturated heterocycles. The number of carbonyl (C=O) groups is 2. The van der Waals surface area contributed by atoms with Crippen molar-refractivity contribution in [3.63, 3.8) is 0 Å². The normalized spacial score (nSPS) is 19.5. The SMILES string of the molecule is Cc1cc(Nc2nncn2[C@H]2CCc3sc(NC(=O)C4CC4)c(C(=O)NCC4CC4)c3C2)[nH]n1. The predicted molar refractivity (Wildman–Crippen MR) is 128 cm³/mol. The number of aromatic amines is 1. The molecule has 6 rings (SSSR count). The summed E-state index contributed by atoms with van der Waals surface area (Å²) < 4.78 is 2.03. The highest BCUT2D eigenvalue weighted by molar-refractivity contribution is 7.17. The quantitative estimate of drug-likeness (QED) is 0.391. The number of nitrogens with zero attached hydrogens (tertiary/aromatic N) is 4. The van der Waals surface area contributed by atoms with E-state index in [1.807, 2.05) is 17.6 Å². The first-order chi connectivity index (χ1) is 16.5. The summed E-state index contributed by atoms with van der Waals surface area (Å²) in [5.41, 5.74) is 2.57. The number of rotatable bonds is 8. The first-order valence-electron chi connectivity index (χ1n) is 12.0. The number of carbonyl (C=O) groups excluding carboxylic acids is 2. The van der Waals surface area contributed by atoms with Crippen LogP contribution in [0, 0.1) is 18.8 Å². The highest BCUT2D eigenvalue weighted by Crippen LogP contribution is 2.42. The van der Waals surface area contributed by atoms with Gasteiger partial charge >= 0.3 is 0 Å². The van der Waals surface area contributed by atoms with E-state index < -0.39 is 0 Å². The first-order valence-corrected chi connectivity index (χ1v) is 12.8. The molecule has 0 aliphatic heterocycles. The number of aryl methyl sites for hydroxylation is 2. The summed E-state index contributed by atoms with van der Waals surface area (Å²) in [6.45, 7) is 2.62. The molecule has 0 radical (unpaired) electrons. The molecule has 0 aromatic carbocycles. The molecule has 0 bridgehead atoms. The third kappa shape index (κ3) is 4.31. The molecule has 3 heterocycles. The zero-order valence-electron chi connectivity index (χ0n) is 19.1. The number of aromatic nitrogens is 5. The molecule has 2 saturated carbocycles. The summed E-state index contributed by atoms with van der Waals surface area (Å²) in [5.74, 6) is 2.02. The molecule has 1 atom stereocenters. The second-order valence-electron chi connectivity index (χ2n) is 9.63. The van der Waals surface area contributed by atoms with E-state index in [-0.39, 0.29) is 23.8 Å². The molecule has 3 aliphatic carbocycles. The fourth-order valence-electron chi connectivity index (χ4n) is 4.54. The number of H-pyrrole nitrogens is 1. The van der Waals surface area contributed by atoms with E-state index in [9.17, 15) is 9.59 Å². The van der Waals surface area contributed by atoms with Crippen LogP contribution in [0.15, 0.2) is 12.4 Å². The van der Waals surface area contributed by atoms with Crippen molar-refractivity contribution >= 4 is 39.9 Å². The van der Waals surface area contributed by atoms with Crippen LogP contribution in [0.1, 0.15) is 64.6 Å². The molecule has 10 nitrogen and oxygen atoms in total. The Morgan fingerprint density at radius 2 is 2.09 bits per heavy atom. The van der Waals surface area contributed by atoms with Gasteiger partial charge < -0.3 is 16.0 Å². The van der Waals surface area contributed by atoms with Crippen molar-refractivity contribution in [2.45, 2.75) is 57.9 Å². The van der Waals surface area contributed by atoms with Gasteiger partial charge in [0.25, 0.3) is 5.91 Å². The Morgan fingerprint density at radius 3 is 2.82 bits per heavy atom. The second kappa shape index (κ2) is 8.53. The van der Waals surface area contributed by atoms with Gasteiger partial charge in [0.05, 0.1) is 11.3 Å². The molecule has 11 heteroatoms. The molecule has 2 fully saturated rings. The van der Waals surface area contributed by atoms with E-state index in [2.05, 4.69) is 36.3 Å². The van der Waals surface area contributed by atoms with Gasteiger partial charge in [0, 0.05) is 29.4 Å². The molecule has 3 aromatic rings. The summed E-state index contributed by atoms with van der Waals surface area (Å²) in [6, 6.07) is 2.01. The van der Waals surface area contributed by atoms with Gasteiger partial charge in [-0.25, -0.2) is 0 Å². The molecule has 34 heavy (non-hydrogen) atoms. The molecule has 0 unspecified atom stereocenters. The number of amides is 2. The minimum absolute atomic E-state index is 0.0338. The number of hydrogen-bond donors (Lipinski definition) is 4. The van der Waals surface area contributed by atoms with Crippen molar-refractivity contribution in [3.05, 3.63) is 34.1 Å². The number of nitrogens with one attached hydrogen (secondary N) is 4. The molecule has 3 aromatic heterocycles. The molecular formula is C23H28N8O2S. The molecule has 2 amide bonds. The predicted octanol–water partition coefficient (Wildman–Crippen LogP) is 3.33. The Balaban J connectivity index is 1.27. The Morgan fingerprint density at radius 1 is 1.24 bits per heavy atom. The lowest BCUT2D eigenvalue weighted by Crippen LogP contribution is -2.28. The molecule has 3 aliphatic rings. The third-order valence-electron chi connectivity index (χ3n) is 6.81. The molecule has 0 spiro atoms. The van der Waals surface area contributed by atoms with Gasteiger partial charge in [-0.15, -0.1) is 21.5 Å². The summed E-state index contributed by atoms with van der Waals surface area (Å²) in [6.07, 6.45) is 8.38. The van der Waals surface area contributed by atoms with E-state index >= 15 is 0 Å². The Labute approximate surface area is 200 Å². The summed E-state index contributed by atoms with van der Waals surface area (Å²) >= 11 is 1.56. The van der Waals surface area contributed by atoms with Crippen molar-refractivity contribution < 1.29 is 9.59 Å². The zero-order chi connectivity index (χ0) is 23.2. The Kier molecular flexibility index (Phi) is 5.35.